The van der Waals surface area contributed by atoms with E-state index in [2.05, 4.69) is 15.0 Å². The van der Waals surface area contributed by atoms with E-state index in [9.17, 15) is 4.79 Å². The molecule has 4 rings (SSSR count). The number of nitrogens with zero attached hydrogens (tertiary/aromatic N) is 4. The van der Waals surface area contributed by atoms with Crippen molar-refractivity contribution in [2.24, 2.45) is 0 Å². The van der Waals surface area contributed by atoms with Gasteiger partial charge in [-0.25, -0.2) is 9.97 Å². The number of likely N-dealkylation sites (tertiary alicyclic amines) is 1. The van der Waals surface area contributed by atoms with Crippen molar-refractivity contribution < 1.29 is 14.3 Å². The normalized spacial score (nSPS) is 22.0. The largest absolute Gasteiger partial charge is 0.489 e. The van der Waals surface area contributed by atoms with Crippen LogP contribution in [-0.2, 0) is 4.74 Å². The van der Waals surface area contributed by atoms with Crippen molar-refractivity contribution in [2.75, 3.05) is 19.7 Å². The molecule has 1 amide bonds. The molecule has 4 heterocycles. The van der Waals surface area contributed by atoms with Gasteiger partial charge in [0.1, 0.15) is 17.5 Å². The molecule has 2 fully saturated rings. The lowest BCUT2D eigenvalue weighted by Crippen LogP contribution is -2.67. The molecule has 2 aliphatic rings. The number of amides is 1. The number of carbonyl (C=O) groups excluding carboxylic acids is 1. The molecular formula is C17H18N4O3. The fourth-order valence-electron chi connectivity index (χ4n) is 3.26. The van der Waals surface area contributed by atoms with E-state index >= 15 is 0 Å². The third-order valence-electron chi connectivity index (χ3n) is 4.39. The van der Waals surface area contributed by atoms with Crippen LogP contribution in [0.4, 0.5) is 0 Å². The molecule has 0 saturated carbocycles. The van der Waals surface area contributed by atoms with Crippen LogP contribution in [0.1, 0.15) is 23.5 Å². The smallest absolute Gasteiger partial charge is 0.291 e. The summed E-state index contributed by atoms with van der Waals surface area (Å²) in [7, 11) is 0. The summed E-state index contributed by atoms with van der Waals surface area (Å²) in [6.07, 6.45) is 8.27. The molecule has 2 aromatic rings. The van der Waals surface area contributed by atoms with Crippen molar-refractivity contribution in [3.63, 3.8) is 0 Å². The summed E-state index contributed by atoms with van der Waals surface area (Å²) in [6, 6.07) is 5.45. The summed E-state index contributed by atoms with van der Waals surface area (Å²) in [6.45, 7) is 1.74. The van der Waals surface area contributed by atoms with Gasteiger partial charge in [0.15, 0.2) is 0 Å². The van der Waals surface area contributed by atoms with E-state index < -0.39 is 0 Å². The van der Waals surface area contributed by atoms with Crippen LogP contribution in [0, 0.1) is 0 Å². The second-order valence-corrected chi connectivity index (χ2v) is 6.19. The van der Waals surface area contributed by atoms with Crippen LogP contribution in [-0.4, -0.2) is 57.2 Å². The fourth-order valence-corrected chi connectivity index (χ4v) is 3.26. The Labute approximate surface area is 139 Å². The minimum atomic E-state index is -0.310. The average Bonchev–Trinajstić information content (AvgIpc) is 2.61. The predicted molar refractivity (Wildman–Crippen MR) is 84.5 cm³/mol. The van der Waals surface area contributed by atoms with Crippen molar-refractivity contribution >= 4 is 5.91 Å². The van der Waals surface area contributed by atoms with Gasteiger partial charge >= 0.3 is 0 Å². The monoisotopic (exact) mass is 326 g/mol. The molecule has 0 N–H and O–H groups in total. The first-order valence-corrected chi connectivity index (χ1v) is 8.01. The number of rotatable bonds is 3. The molecule has 1 atom stereocenters. The Balaban J connectivity index is 1.36. The number of aromatic nitrogens is 3. The number of hydrogen-bond donors (Lipinski definition) is 0. The zero-order valence-corrected chi connectivity index (χ0v) is 13.2. The third-order valence-corrected chi connectivity index (χ3v) is 4.39. The Morgan fingerprint density at radius 1 is 1.25 bits per heavy atom. The van der Waals surface area contributed by atoms with E-state index in [0.717, 1.165) is 18.6 Å². The van der Waals surface area contributed by atoms with Gasteiger partial charge in [-0.1, -0.05) is 0 Å². The molecule has 0 radical (unpaired) electrons. The number of hydrogen-bond acceptors (Lipinski definition) is 6. The summed E-state index contributed by atoms with van der Waals surface area (Å²) in [5.41, 5.74) is -0.310. The summed E-state index contributed by atoms with van der Waals surface area (Å²) in [4.78, 5) is 26.1. The molecule has 0 bridgehead atoms. The lowest BCUT2D eigenvalue weighted by atomic mass is 9.84. The molecule has 2 aromatic heterocycles. The molecule has 24 heavy (non-hydrogen) atoms. The minimum absolute atomic E-state index is 0.0770. The van der Waals surface area contributed by atoms with Crippen LogP contribution in [0.2, 0.25) is 0 Å². The first-order valence-electron chi connectivity index (χ1n) is 8.01. The Morgan fingerprint density at radius 2 is 2.08 bits per heavy atom. The fraction of sp³-hybridized carbons (Fsp3) is 0.412. The van der Waals surface area contributed by atoms with Gasteiger partial charge in [-0.05, 0) is 18.2 Å². The Kier molecular flexibility index (Phi) is 3.86. The predicted octanol–water partition coefficient (Wildman–Crippen LogP) is 1.32. The topological polar surface area (TPSA) is 77.4 Å². The van der Waals surface area contributed by atoms with E-state index in [1.807, 2.05) is 12.1 Å². The van der Waals surface area contributed by atoms with Gasteiger partial charge in [0.2, 0.25) is 5.82 Å². The highest BCUT2D eigenvalue weighted by Gasteiger charge is 2.50. The summed E-state index contributed by atoms with van der Waals surface area (Å²) < 4.78 is 12.0. The van der Waals surface area contributed by atoms with Crippen molar-refractivity contribution in [3.8, 4) is 5.75 Å². The van der Waals surface area contributed by atoms with Crippen molar-refractivity contribution in [3.05, 3.63) is 48.8 Å². The molecule has 7 nitrogen and oxygen atoms in total. The molecule has 7 heteroatoms. The average molecular weight is 326 g/mol. The van der Waals surface area contributed by atoms with Gasteiger partial charge in [0.25, 0.3) is 5.91 Å². The van der Waals surface area contributed by atoms with Crippen LogP contribution < -0.4 is 4.74 Å². The molecule has 1 unspecified atom stereocenters. The quantitative estimate of drug-likeness (QED) is 0.847. The lowest BCUT2D eigenvalue weighted by molar-refractivity contribution is -0.173. The maximum atomic E-state index is 12.3. The highest BCUT2D eigenvalue weighted by Crippen LogP contribution is 2.36. The van der Waals surface area contributed by atoms with Gasteiger partial charge in [-0.3, -0.25) is 9.78 Å². The van der Waals surface area contributed by atoms with E-state index in [-0.39, 0.29) is 23.4 Å². The highest BCUT2D eigenvalue weighted by molar-refractivity contribution is 5.91. The first-order chi connectivity index (χ1) is 11.7. The molecule has 2 saturated heterocycles. The van der Waals surface area contributed by atoms with E-state index in [1.54, 1.807) is 35.8 Å². The van der Waals surface area contributed by atoms with Crippen molar-refractivity contribution in [2.45, 2.75) is 24.5 Å². The number of carbonyl (C=O) groups is 1. The number of ether oxygens (including phenoxy) is 2. The van der Waals surface area contributed by atoms with E-state index in [4.69, 9.17) is 9.47 Å². The lowest BCUT2D eigenvalue weighted by Gasteiger charge is -2.52. The van der Waals surface area contributed by atoms with Gasteiger partial charge in [-0.2, -0.15) is 0 Å². The second-order valence-electron chi connectivity index (χ2n) is 6.19. The molecule has 124 valence electrons. The van der Waals surface area contributed by atoms with Crippen LogP contribution in [0.5, 0.6) is 5.75 Å². The van der Waals surface area contributed by atoms with Crippen LogP contribution in [0.15, 0.2) is 43.0 Å². The molecule has 1 spiro atoms. The SMILES string of the molecule is O=C(c1ncccn1)N1CC2(CC(Oc3cccnc3)CCO2)C1. The Hall–Kier alpha value is -2.54. The van der Waals surface area contributed by atoms with Crippen molar-refractivity contribution in [1.29, 1.82) is 0 Å². The van der Waals surface area contributed by atoms with Gasteiger partial charge in [0, 0.05) is 31.4 Å². The van der Waals surface area contributed by atoms with Crippen LogP contribution in [0.3, 0.4) is 0 Å². The summed E-state index contributed by atoms with van der Waals surface area (Å²) in [5.74, 6) is 0.843. The van der Waals surface area contributed by atoms with Crippen molar-refractivity contribution in [1.82, 2.24) is 19.9 Å². The van der Waals surface area contributed by atoms with Gasteiger partial charge < -0.3 is 14.4 Å². The second kappa shape index (κ2) is 6.16. The first kappa shape index (κ1) is 15.0. The third kappa shape index (κ3) is 2.94. The minimum Gasteiger partial charge on any atom is -0.489 e. The van der Waals surface area contributed by atoms with Gasteiger partial charge in [0.05, 0.1) is 25.9 Å². The van der Waals surface area contributed by atoms with Crippen LogP contribution in [0.25, 0.3) is 0 Å². The molecular weight excluding hydrogens is 308 g/mol. The Bertz CT molecular complexity index is 704. The Morgan fingerprint density at radius 3 is 2.83 bits per heavy atom. The maximum absolute atomic E-state index is 12.3. The summed E-state index contributed by atoms with van der Waals surface area (Å²) in [5, 5.41) is 0. The summed E-state index contributed by atoms with van der Waals surface area (Å²) >= 11 is 0. The van der Waals surface area contributed by atoms with Gasteiger partial charge in [-0.15, -0.1) is 0 Å². The maximum Gasteiger partial charge on any atom is 0.291 e. The zero-order chi connectivity index (χ0) is 16.4. The molecule has 2 aliphatic heterocycles. The van der Waals surface area contributed by atoms with E-state index in [0.29, 0.717) is 19.7 Å². The molecule has 0 aromatic carbocycles. The number of pyridine rings is 1. The highest BCUT2D eigenvalue weighted by atomic mass is 16.5. The standard InChI is InChI=1S/C17H18N4O3/c22-16(15-19-6-2-7-20-15)21-11-17(12-21)9-13(4-8-23-17)24-14-3-1-5-18-10-14/h1-3,5-7,10,13H,4,8-9,11-12H2. The zero-order valence-electron chi connectivity index (χ0n) is 13.2. The van der Waals surface area contributed by atoms with E-state index in [1.165, 1.54) is 0 Å². The van der Waals surface area contributed by atoms with Crippen LogP contribution >= 0.6 is 0 Å². The molecule has 0 aliphatic carbocycles.